The number of benzene rings is 1. The van der Waals surface area contributed by atoms with Crippen LogP contribution >= 0.6 is 24.0 Å². The van der Waals surface area contributed by atoms with Gasteiger partial charge in [-0.05, 0) is 17.7 Å². The van der Waals surface area contributed by atoms with Gasteiger partial charge in [-0.3, -0.25) is 4.79 Å². The smallest absolute Gasteiger partial charge is 0.238 e. The zero-order chi connectivity index (χ0) is 16.3. The summed E-state index contributed by atoms with van der Waals surface area (Å²) in [6, 6.07) is 7.24. The monoisotopic (exact) mass is 381 g/mol. The van der Waals surface area contributed by atoms with E-state index in [9.17, 15) is 13.2 Å². The van der Waals surface area contributed by atoms with Gasteiger partial charge in [0, 0.05) is 31.7 Å². The first-order chi connectivity index (χ1) is 10.3. The van der Waals surface area contributed by atoms with Crippen molar-refractivity contribution in [3.05, 3.63) is 34.9 Å². The van der Waals surface area contributed by atoms with Crippen molar-refractivity contribution in [2.75, 3.05) is 39.5 Å². The Balaban J connectivity index is 0.00000264. The van der Waals surface area contributed by atoms with E-state index in [4.69, 9.17) is 11.6 Å². The standard InChI is InChI=1S/C14H20ClN3O3S.ClH/c1-17(22(2,20)21)10-14(19)18-7-6-16-9-13(18)11-4-3-5-12(15)8-11;/h3-5,8,13,16H,6-7,9-10H2,1-2H3;1H. The predicted octanol–water partition coefficient (Wildman–Crippen LogP) is 1.13. The minimum Gasteiger partial charge on any atom is -0.332 e. The third-order valence-corrected chi connectivity index (χ3v) is 5.22. The molecule has 1 aromatic rings. The highest BCUT2D eigenvalue weighted by molar-refractivity contribution is 7.88. The van der Waals surface area contributed by atoms with E-state index in [0.29, 0.717) is 24.7 Å². The van der Waals surface area contributed by atoms with Gasteiger partial charge in [0.1, 0.15) is 0 Å². The van der Waals surface area contributed by atoms with Gasteiger partial charge in [0.05, 0.1) is 18.8 Å². The summed E-state index contributed by atoms with van der Waals surface area (Å²) in [4.78, 5) is 14.2. The third kappa shape index (κ3) is 5.32. The van der Waals surface area contributed by atoms with Crippen molar-refractivity contribution in [3.8, 4) is 0 Å². The Morgan fingerprint density at radius 3 is 2.78 bits per heavy atom. The minimum absolute atomic E-state index is 0. The van der Waals surface area contributed by atoms with Gasteiger partial charge in [-0.25, -0.2) is 8.42 Å². The molecule has 1 aliphatic heterocycles. The second-order valence-corrected chi connectivity index (χ2v) is 7.91. The topological polar surface area (TPSA) is 69.7 Å². The van der Waals surface area contributed by atoms with E-state index in [-0.39, 0.29) is 30.9 Å². The summed E-state index contributed by atoms with van der Waals surface area (Å²) < 4.78 is 24.0. The molecule has 0 bridgehead atoms. The lowest BCUT2D eigenvalue weighted by atomic mass is 10.0. The molecule has 1 aliphatic rings. The summed E-state index contributed by atoms with van der Waals surface area (Å²) in [5.41, 5.74) is 0.940. The van der Waals surface area contributed by atoms with Crippen molar-refractivity contribution in [1.82, 2.24) is 14.5 Å². The number of hydrogen-bond donors (Lipinski definition) is 1. The van der Waals surface area contributed by atoms with Gasteiger partial charge in [-0.2, -0.15) is 4.31 Å². The molecule has 0 aliphatic carbocycles. The molecule has 1 aromatic carbocycles. The van der Waals surface area contributed by atoms with Crippen LogP contribution in [0.3, 0.4) is 0 Å². The molecule has 9 heteroatoms. The van der Waals surface area contributed by atoms with Gasteiger partial charge in [0.2, 0.25) is 15.9 Å². The number of likely N-dealkylation sites (N-methyl/N-ethyl adjacent to an activating group) is 1. The highest BCUT2D eigenvalue weighted by Gasteiger charge is 2.29. The Morgan fingerprint density at radius 2 is 2.17 bits per heavy atom. The molecule has 1 fully saturated rings. The largest absolute Gasteiger partial charge is 0.332 e. The molecule has 0 saturated carbocycles. The second-order valence-electron chi connectivity index (χ2n) is 5.38. The van der Waals surface area contributed by atoms with E-state index in [0.717, 1.165) is 16.1 Å². The van der Waals surface area contributed by atoms with Crippen molar-refractivity contribution in [2.24, 2.45) is 0 Å². The molecule has 0 radical (unpaired) electrons. The van der Waals surface area contributed by atoms with Crippen LogP contribution < -0.4 is 5.32 Å². The van der Waals surface area contributed by atoms with Crippen LogP contribution in [0, 0.1) is 0 Å². The molecule has 0 spiro atoms. The van der Waals surface area contributed by atoms with E-state index in [2.05, 4.69) is 5.32 Å². The number of halogens is 2. The Kier molecular flexibility index (Phi) is 7.29. The van der Waals surface area contributed by atoms with Crippen molar-refractivity contribution in [1.29, 1.82) is 0 Å². The van der Waals surface area contributed by atoms with E-state index < -0.39 is 10.0 Å². The van der Waals surface area contributed by atoms with Gasteiger partial charge < -0.3 is 10.2 Å². The van der Waals surface area contributed by atoms with Crippen molar-refractivity contribution < 1.29 is 13.2 Å². The summed E-state index contributed by atoms with van der Waals surface area (Å²) >= 11 is 6.02. The summed E-state index contributed by atoms with van der Waals surface area (Å²) in [5, 5.41) is 3.87. The lowest BCUT2D eigenvalue weighted by molar-refractivity contribution is -0.134. The van der Waals surface area contributed by atoms with Gasteiger partial charge >= 0.3 is 0 Å². The molecule has 23 heavy (non-hydrogen) atoms. The van der Waals surface area contributed by atoms with Crippen molar-refractivity contribution in [3.63, 3.8) is 0 Å². The Morgan fingerprint density at radius 1 is 1.48 bits per heavy atom. The molecule has 6 nitrogen and oxygen atoms in total. The van der Waals surface area contributed by atoms with Crippen LogP contribution in [0.15, 0.2) is 24.3 Å². The lowest BCUT2D eigenvalue weighted by Crippen LogP contribution is -2.51. The molecule has 1 atom stereocenters. The molecule has 1 unspecified atom stereocenters. The maximum absolute atomic E-state index is 12.5. The number of hydrogen-bond acceptors (Lipinski definition) is 4. The highest BCUT2D eigenvalue weighted by atomic mass is 35.5. The fourth-order valence-corrected chi connectivity index (χ4v) is 2.96. The van der Waals surface area contributed by atoms with Crippen LogP contribution in [-0.4, -0.2) is 63.0 Å². The molecule has 130 valence electrons. The molecule has 0 aromatic heterocycles. The van der Waals surface area contributed by atoms with E-state index in [1.807, 2.05) is 18.2 Å². The summed E-state index contributed by atoms with van der Waals surface area (Å²) in [7, 11) is -1.97. The van der Waals surface area contributed by atoms with E-state index in [1.165, 1.54) is 7.05 Å². The van der Waals surface area contributed by atoms with Crippen LogP contribution in [0.25, 0.3) is 0 Å². The van der Waals surface area contributed by atoms with Crippen LogP contribution in [0.1, 0.15) is 11.6 Å². The maximum atomic E-state index is 12.5. The second kappa shape index (κ2) is 8.30. The SMILES string of the molecule is CN(CC(=O)N1CCNCC1c1cccc(Cl)c1)S(C)(=O)=O.Cl. The minimum atomic E-state index is -3.38. The average Bonchev–Trinajstić information content (AvgIpc) is 2.46. The Labute approximate surface area is 148 Å². The Hall–Kier alpha value is -0.860. The number of carbonyl (C=O) groups is 1. The predicted molar refractivity (Wildman–Crippen MR) is 93.5 cm³/mol. The Bertz CT molecular complexity index is 654. The van der Waals surface area contributed by atoms with Crippen LogP contribution in [0.5, 0.6) is 0 Å². The number of nitrogens with one attached hydrogen (secondary N) is 1. The summed E-state index contributed by atoms with van der Waals surface area (Å²) in [5.74, 6) is -0.209. The number of amides is 1. The van der Waals surface area contributed by atoms with E-state index in [1.54, 1.807) is 11.0 Å². The van der Waals surface area contributed by atoms with Crippen molar-refractivity contribution in [2.45, 2.75) is 6.04 Å². The molecule has 1 heterocycles. The first-order valence-electron chi connectivity index (χ1n) is 6.96. The van der Waals surface area contributed by atoms with Gasteiger partial charge in [-0.1, -0.05) is 23.7 Å². The van der Waals surface area contributed by atoms with Gasteiger partial charge in [0.25, 0.3) is 0 Å². The summed E-state index contributed by atoms with van der Waals surface area (Å²) in [6.45, 7) is 1.68. The van der Waals surface area contributed by atoms with Crippen LogP contribution in [-0.2, 0) is 14.8 Å². The molecular weight excluding hydrogens is 361 g/mol. The van der Waals surface area contributed by atoms with Crippen molar-refractivity contribution >= 4 is 39.9 Å². The first-order valence-corrected chi connectivity index (χ1v) is 9.18. The fourth-order valence-electron chi connectivity index (χ4n) is 2.41. The number of piperazine rings is 1. The lowest BCUT2D eigenvalue weighted by Gasteiger charge is -2.37. The van der Waals surface area contributed by atoms with E-state index >= 15 is 0 Å². The zero-order valence-electron chi connectivity index (χ0n) is 13.0. The number of rotatable bonds is 4. The van der Waals surface area contributed by atoms with Crippen LogP contribution in [0.2, 0.25) is 5.02 Å². The average molecular weight is 382 g/mol. The molecule has 1 saturated heterocycles. The molecule has 1 amide bonds. The van der Waals surface area contributed by atoms with Gasteiger partial charge in [0.15, 0.2) is 0 Å². The third-order valence-electron chi connectivity index (χ3n) is 3.72. The highest BCUT2D eigenvalue weighted by Crippen LogP contribution is 2.24. The number of nitrogens with zero attached hydrogens (tertiary/aromatic N) is 2. The van der Waals surface area contributed by atoms with Crippen LogP contribution in [0.4, 0.5) is 0 Å². The van der Waals surface area contributed by atoms with Gasteiger partial charge in [-0.15, -0.1) is 12.4 Å². The molecule has 2 rings (SSSR count). The number of sulfonamides is 1. The quantitative estimate of drug-likeness (QED) is 0.848. The first kappa shape index (κ1) is 20.2. The zero-order valence-corrected chi connectivity index (χ0v) is 15.4. The fraction of sp³-hybridized carbons (Fsp3) is 0.500. The maximum Gasteiger partial charge on any atom is 0.238 e. The molecular formula is C14H21Cl2N3O3S. The molecule has 1 N–H and O–H groups in total. The number of carbonyl (C=O) groups excluding carboxylic acids is 1. The normalized spacial score (nSPS) is 18.6. The summed E-state index contributed by atoms with van der Waals surface area (Å²) in [6.07, 6.45) is 1.09.